The largest absolute Gasteiger partial charge is 0.409 e. The minimum absolute atomic E-state index is 0.00408. The zero-order valence-corrected chi connectivity index (χ0v) is 10.8. The second-order valence-corrected chi connectivity index (χ2v) is 4.15. The molecule has 0 saturated heterocycles. The van der Waals surface area contributed by atoms with Crippen LogP contribution < -0.4 is 10.6 Å². The van der Waals surface area contributed by atoms with E-state index < -0.39 is 0 Å². The van der Waals surface area contributed by atoms with Gasteiger partial charge in [-0.25, -0.2) is 0 Å². The summed E-state index contributed by atoms with van der Waals surface area (Å²) < 4.78 is 0. The van der Waals surface area contributed by atoms with Crippen molar-refractivity contribution in [1.82, 2.24) is 10.2 Å². The minimum atomic E-state index is 0.00408. The lowest BCUT2D eigenvalue weighted by Crippen LogP contribution is -2.21. The first-order valence-electron chi connectivity index (χ1n) is 5.73. The van der Waals surface area contributed by atoms with E-state index in [4.69, 9.17) is 10.9 Å². The summed E-state index contributed by atoms with van der Waals surface area (Å²) in [5.41, 5.74) is 8.26. The van der Waals surface area contributed by atoms with E-state index in [0.717, 1.165) is 11.3 Å². The van der Waals surface area contributed by atoms with Gasteiger partial charge in [-0.15, -0.1) is 5.10 Å². The van der Waals surface area contributed by atoms with Crippen LogP contribution in [0.4, 0.5) is 11.5 Å². The Labute approximate surface area is 111 Å². The lowest BCUT2D eigenvalue weighted by molar-refractivity contribution is 0.318. The van der Waals surface area contributed by atoms with Crippen LogP contribution >= 0.6 is 0 Å². The van der Waals surface area contributed by atoms with Crippen molar-refractivity contribution in [2.75, 3.05) is 11.9 Å². The summed E-state index contributed by atoms with van der Waals surface area (Å²) in [6.45, 7) is 2.01. The summed E-state index contributed by atoms with van der Waals surface area (Å²) in [5, 5.41) is 19.7. The quantitative estimate of drug-likeness (QED) is 0.378. The first-order chi connectivity index (χ1) is 9.13. The number of anilines is 2. The van der Waals surface area contributed by atoms with Crippen LogP contribution in [0, 0.1) is 6.92 Å². The maximum atomic E-state index is 8.81. The Kier molecular flexibility index (Phi) is 3.61. The number of oxime groups is 1. The molecule has 0 aliphatic carbocycles. The molecule has 1 aromatic heterocycles. The summed E-state index contributed by atoms with van der Waals surface area (Å²) >= 11 is 0. The van der Waals surface area contributed by atoms with Gasteiger partial charge in [0, 0.05) is 12.7 Å². The summed E-state index contributed by atoms with van der Waals surface area (Å²) in [4.78, 5) is 1.84. The standard InChI is InChI=1S/C13H15N5O/c1-9-4-3-5-10(8-9)18(2)13-11(12(14)17-19)6-7-15-16-13/h3-8,19H,1-2H3,(H2,14,17). The van der Waals surface area contributed by atoms with Gasteiger partial charge in [-0.2, -0.15) is 5.10 Å². The van der Waals surface area contributed by atoms with Crippen molar-refractivity contribution in [2.24, 2.45) is 10.9 Å². The fourth-order valence-electron chi connectivity index (χ4n) is 1.78. The van der Waals surface area contributed by atoms with Gasteiger partial charge in [-0.05, 0) is 30.7 Å². The van der Waals surface area contributed by atoms with Crippen molar-refractivity contribution in [2.45, 2.75) is 6.92 Å². The number of nitrogens with zero attached hydrogens (tertiary/aromatic N) is 4. The number of nitrogens with two attached hydrogens (primary N) is 1. The van der Waals surface area contributed by atoms with Gasteiger partial charge in [0.15, 0.2) is 11.7 Å². The Morgan fingerprint density at radius 3 is 2.84 bits per heavy atom. The van der Waals surface area contributed by atoms with Gasteiger partial charge < -0.3 is 15.8 Å². The Balaban J connectivity index is 2.47. The predicted octanol–water partition coefficient (Wildman–Crippen LogP) is 1.65. The zero-order chi connectivity index (χ0) is 13.8. The molecule has 2 rings (SSSR count). The minimum Gasteiger partial charge on any atom is -0.409 e. The van der Waals surface area contributed by atoms with E-state index in [1.807, 2.05) is 43.1 Å². The van der Waals surface area contributed by atoms with Crippen molar-refractivity contribution < 1.29 is 5.21 Å². The molecule has 19 heavy (non-hydrogen) atoms. The molecule has 0 atom stereocenters. The molecule has 6 heteroatoms. The number of amidine groups is 1. The van der Waals surface area contributed by atoms with Crippen molar-refractivity contribution in [3.8, 4) is 0 Å². The van der Waals surface area contributed by atoms with E-state index in [0.29, 0.717) is 11.4 Å². The number of aryl methyl sites for hydroxylation is 1. The summed E-state index contributed by atoms with van der Waals surface area (Å²) in [6, 6.07) is 9.60. The molecule has 0 aliphatic heterocycles. The average Bonchev–Trinajstić information content (AvgIpc) is 2.45. The van der Waals surface area contributed by atoms with Crippen LogP contribution in [0.15, 0.2) is 41.7 Å². The van der Waals surface area contributed by atoms with E-state index >= 15 is 0 Å². The van der Waals surface area contributed by atoms with Crippen LogP contribution in [0.2, 0.25) is 0 Å². The van der Waals surface area contributed by atoms with Gasteiger partial charge in [-0.1, -0.05) is 17.3 Å². The summed E-state index contributed by atoms with van der Waals surface area (Å²) in [6.07, 6.45) is 1.50. The first kappa shape index (κ1) is 12.8. The highest BCUT2D eigenvalue weighted by Crippen LogP contribution is 2.24. The van der Waals surface area contributed by atoms with Gasteiger partial charge in [0.1, 0.15) is 0 Å². The molecule has 3 N–H and O–H groups in total. The normalized spacial score (nSPS) is 11.4. The number of benzene rings is 1. The van der Waals surface area contributed by atoms with Crippen LogP contribution in [0.25, 0.3) is 0 Å². The van der Waals surface area contributed by atoms with E-state index in [9.17, 15) is 0 Å². The van der Waals surface area contributed by atoms with Crippen molar-refractivity contribution >= 4 is 17.3 Å². The molecule has 0 unspecified atom stereocenters. The molecule has 2 aromatic rings. The second kappa shape index (κ2) is 5.34. The van der Waals surface area contributed by atoms with Crippen molar-refractivity contribution in [1.29, 1.82) is 0 Å². The van der Waals surface area contributed by atoms with Gasteiger partial charge >= 0.3 is 0 Å². The molecule has 1 aromatic carbocycles. The van der Waals surface area contributed by atoms with E-state index in [1.165, 1.54) is 6.20 Å². The summed E-state index contributed by atoms with van der Waals surface area (Å²) in [7, 11) is 1.85. The van der Waals surface area contributed by atoms with Gasteiger partial charge in [-0.3, -0.25) is 0 Å². The molecule has 1 heterocycles. The average molecular weight is 257 g/mol. The Bertz CT molecular complexity index is 611. The third kappa shape index (κ3) is 2.62. The third-order valence-electron chi connectivity index (χ3n) is 2.79. The predicted molar refractivity (Wildman–Crippen MR) is 73.8 cm³/mol. The molecular weight excluding hydrogens is 242 g/mol. The van der Waals surface area contributed by atoms with E-state index in [1.54, 1.807) is 6.07 Å². The maximum absolute atomic E-state index is 8.81. The SMILES string of the molecule is Cc1cccc(N(C)c2nnccc2/C(N)=N/O)c1. The van der Waals surface area contributed by atoms with Crippen molar-refractivity contribution in [3.05, 3.63) is 47.7 Å². The Morgan fingerprint density at radius 1 is 1.37 bits per heavy atom. The Hall–Kier alpha value is -2.63. The smallest absolute Gasteiger partial charge is 0.173 e. The molecule has 0 radical (unpaired) electrons. The molecule has 6 nitrogen and oxygen atoms in total. The highest BCUT2D eigenvalue weighted by atomic mass is 16.4. The highest BCUT2D eigenvalue weighted by molar-refractivity contribution is 6.01. The fourth-order valence-corrected chi connectivity index (χ4v) is 1.78. The first-order valence-corrected chi connectivity index (χ1v) is 5.73. The number of hydrogen-bond acceptors (Lipinski definition) is 5. The monoisotopic (exact) mass is 257 g/mol. The molecule has 0 spiro atoms. The van der Waals surface area contributed by atoms with E-state index in [2.05, 4.69) is 15.4 Å². The van der Waals surface area contributed by atoms with E-state index in [-0.39, 0.29) is 5.84 Å². The molecule has 0 saturated carbocycles. The van der Waals surface area contributed by atoms with Crippen LogP contribution in [0.5, 0.6) is 0 Å². The second-order valence-electron chi connectivity index (χ2n) is 4.15. The van der Waals surface area contributed by atoms with Crippen LogP contribution in [-0.4, -0.2) is 28.3 Å². The molecule has 0 aliphatic rings. The van der Waals surface area contributed by atoms with Crippen LogP contribution in [0.1, 0.15) is 11.1 Å². The van der Waals surface area contributed by atoms with Crippen LogP contribution in [-0.2, 0) is 0 Å². The molecule has 0 bridgehead atoms. The molecular formula is C13H15N5O. The molecule has 0 amide bonds. The van der Waals surface area contributed by atoms with Crippen LogP contribution in [0.3, 0.4) is 0 Å². The van der Waals surface area contributed by atoms with Gasteiger partial charge in [0.2, 0.25) is 0 Å². The Morgan fingerprint density at radius 2 is 2.16 bits per heavy atom. The summed E-state index contributed by atoms with van der Waals surface area (Å²) in [5.74, 6) is 0.535. The maximum Gasteiger partial charge on any atom is 0.173 e. The molecule has 98 valence electrons. The third-order valence-corrected chi connectivity index (χ3v) is 2.79. The number of hydrogen-bond donors (Lipinski definition) is 2. The molecule has 0 fully saturated rings. The number of aromatic nitrogens is 2. The lowest BCUT2D eigenvalue weighted by Gasteiger charge is -2.20. The fraction of sp³-hybridized carbons (Fsp3) is 0.154. The van der Waals surface area contributed by atoms with Gasteiger partial charge in [0.25, 0.3) is 0 Å². The topological polar surface area (TPSA) is 87.6 Å². The highest BCUT2D eigenvalue weighted by Gasteiger charge is 2.14. The van der Waals surface area contributed by atoms with Crippen molar-refractivity contribution in [3.63, 3.8) is 0 Å². The number of rotatable bonds is 3. The lowest BCUT2D eigenvalue weighted by atomic mass is 10.2. The van der Waals surface area contributed by atoms with Gasteiger partial charge in [0.05, 0.1) is 11.8 Å². The zero-order valence-electron chi connectivity index (χ0n) is 10.8.